The number of aromatic nitrogens is 1. The van der Waals surface area contributed by atoms with E-state index in [-0.39, 0.29) is 0 Å². The first-order chi connectivity index (χ1) is 27.2. The summed E-state index contributed by atoms with van der Waals surface area (Å²) in [6, 6.07) is 74.0. The van der Waals surface area contributed by atoms with Gasteiger partial charge in [0.25, 0.3) is 0 Å². The lowest BCUT2D eigenvalue weighted by atomic mass is 10.0. The summed E-state index contributed by atoms with van der Waals surface area (Å²) in [6.07, 6.45) is 0. The lowest BCUT2D eigenvalue weighted by molar-refractivity contribution is 0.669. The summed E-state index contributed by atoms with van der Waals surface area (Å²) < 4.78 is 8.62. The number of para-hydroxylation sites is 2. The molecule has 0 amide bonds. The maximum Gasteiger partial charge on any atom is 0.135 e. The van der Waals surface area contributed by atoms with Gasteiger partial charge in [-0.05, 0) is 118 Å². The van der Waals surface area contributed by atoms with Crippen molar-refractivity contribution >= 4 is 71.6 Å². The second kappa shape index (κ2) is 12.6. The molecule has 0 fully saturated rings. The molecule has 0 bridgehead atoms. The Balaban J connectivity index is 1.05. The van der Waals surface area contributed by atoms with E-state index in [1.165, 1.54) is 54.8 Å². The Hall–Kier alpha value is -7.36. The third-order valence-corrected chi connectivity index (χ3v) is 10.9. The predicted octanol–water partition coefficient (Wildman–Crippen LogP) is 14.6. The van der Waals surface area contributed by atoms with Gasteiger partial charge < -0.3 is 13.9 Å². The molecule has 0 saturated carbocycles. The molecule has 0 aliphatic heterocycles. The fourth-order valence-electron chi connectivity index (χ4n) is 8.30. The molecule has 0 unspecified atom stereocenters. The van der Waals surface area contributed by atoms with Crippen LogP contribution in [0.15, 0.2) is 211 Å². The molecule has 0 N–H and O–H groups in total. The molecule has 0 aliphatic rings. The topological polar surface area (TPSA) is 21.3 Å². The number of rotatable bonds is 6. The molecule has 3 nitrogen and oxygen atoms in total. The van der Waals surface area contributed by atoms with E-state index in [1.54, 1.807) is 0 Å². The van der Waals surface area contributed by atoms with E-state index >= 15 is 0 Å². The van der Waals surface area contributed by atoms with E-state index in [0.29, 0.717) is 0 Å². The van der Waals surface area contributed by atoms with Crippen LogP contribution in [0.1, 0.15) is 0 Å². The second-order valence-corrected chi connectivity index (χ2v) is 14.2. The van der Waals surface area contributed by atoms with Crippen molar-refractivity contribution in [1.29, 1.82) is 0 Å². The maximum atomic E-state index is 6.23. The average molecular weight is 703 g/mol. The van der Waals surface area contributed by atoms with Crippen LogP contribution in [0.2, 0.25) is 0 Å². The lowest BCUT2D eigenvalue weighted by Crippen LogP contribution is -2.10. The zero-order valence-electron chi connectivity index (χ0n) is 29.9. The van der Waals surface area contributed by atoms with E-state index in [0.717, 1.165) is 44.7 Å². The zero-order chi connectivity index (χ0) is 36.3. The van der Waals surface area contributed by atoms with Gasteiger partial charge in [-0.2, -0.15) is 0 Å². The third-order valence-electron chi connectivity index (χ3n) is 10.9. The Kier molecular flexibility index (Phi) is 7.17. The maximum absolute atomic E-state index is 6.23. The molecule has 0 saturated heterocycles. The highest BCUT2D eigenvalue weighted by Gasteiger charge is 2.18. The van der Waals surface area contributed by atoms with Crippen molar-refractivity contribution in [3.05, 3.63) is 206 Å². The SMILES string of the molecule is c1ccc(-c2cccc(N(c3ccc(-c4ccc5c(c4)c4cc6ccccc6cc4n5-c4ccccc4)cc3)c3ccc4oc5ccccc5c4c3)c2)cc1. The monoisotopic (exact) mass is 702 g/mol. The van der Waals surface area contributed by atoms with Gasteiger partial charge in [-0.15, -0.1) is 0 Å². The molecule has 55 heavy (non-hydrogen) atoms. The van der Waals surface area contributed by atoms with Gasteiger partial charge in [0.15, 0.2) is 0 Å². The van der Waals surface area contributed by atoms with Crippen molar-refractivity contribution < 1.29 is 4.42 Å². The first kappa shape index (κ1) is 31.2. The molecule has 0 spiro atoms. The molecule has 3 heteroatoms. The number of nitrogens with zero attached hydrogens (tertiary/aromatic N) is 2. The summed E-state index contributed by atoms with van der Waals surface area (Å²) >= 11 is 0. The highest BCUT2D eigenvalue weighted by Crippen LogP contribution is 2.42. The quantitative estimate of drug-likeness (QED) is 0.172. The number of hydrogen-bond acceptors (Lipinski definition) is 2. The number of benzene rings is 9. The first-order valence-corrected chi connectivity index (χ1v) is 18.7. The summed E-state index contributed by atoms with van der Waals surface area (Å²) in [6.45, 7) is 0. The van der Waals surface area contributed by atoms with Crippen LogP contribution in [-0.2, 0) is 0 Å². The molecule has 11 aromatic rings. The first-order valence-electron chi connectivity index (χ1n) is 18.7. The Morgan fingerprint density at radius 2 is 0.927 bits per heavy atom. The van der Waals surface area contributed by atoms with Crippen LogP contribution in [0.3, 0.4) is 0 Å². The summed E-state index contributed by atoms with van der Waals surface area (Å²) in [5.41, 5.74) is 13.3. The van der Waals surface area contributed by atoms with Crippen molar-refractivity contribution in [2.75, 3.05) is 4.90 Å². The van der Waals surface area contributed by atoms with Crippen LogP contribution in [0.5, 0.6) is 0 Å². The van der Waals surface area contributed by atoms with Crippen molar-refractivity contribution in [1.82, 2.24) is 4.57 Å². The van der Waals surface area contributed by atoms with E-state index in [9.17, 15) is 0 Å². The summed E-state index contributed by atoms with van der Waals surface area (Å²) in [4.78, 5) is 2.35. The zero-order valence-corrected chi connectivity index (χ0v) is 29.9. The van der Waals surface area contributed by atoms with Crippen molar-refractivity contribution in [3.8, 4) is 27.9 Å². The van der Waals surface area contributed by atoms with Crippen LogP contribution < -0.4 is 4.90 Å². The van der Waals surface area contributed by atoms with Crippen LogP contribution in [-0.4, -0.2) is 4.57 Å². The Morgan fingerprint density at radius 3 is 1.76 bits per heavy atom. The summed E-state index contributed by atoms with van der Waals surface area (Å²) in [5.74, 6) is 0. The summed E-state index contributed by atoms with van der Waals surface area (Å²) in [5, 5.41) is 7.20. The average Bonchev–Trinajstić information content (AvgIpc) is 3.78. The minimum Gasteiger partial charge on any atom is -0.456 e. The molecular weight excluding hydrogens is 669 g/mol. The Bertz CT molecular complexity index is 3190. The fourth-order valence-corrected chi connectivity index (χ4v) is 8.30. The largest absolute Gasteiger partial charge is 0.456 e. The van der Waals surface area contributed by atoms with Crippen molar-refractivity contribution in [3.63, 3.8) is 0 Å². The summed E-state index contributed by atoms with van der Waals surface area (Å²) in [7, 11) is 0. The predicted molar refractivity (Wildman–Crippen MR) is 231 cm³/mol. The minimum atomic E-state index is 0.885. The van der Waals surface area contributed by atoms with E-state index in [1.807, 2.05) is 12.1 Å². The highest BCUT2D eigenvalue weighted by molar-refractivity contribution is 6.14. The van der Waals surface area contributed by atoms with Crippen LogP contribution in [0.25, 0.3) is 82.5 Å². The van der Waals surface area contributed by atoms with E-state index < -0.39 is 0 Å². The van der Waals surface area contributed by atoms with Gasteiger partial charge in [-0.25, -0.2) is 0 Å². The van der Waals surface area contributed by atoms with E-state index in [4.69, 9.17) is 4.42 Å². The molecule has 0 radical (unpaired) electrons. The highest BCUT2D eigenvalue weighted by atomic mass is 16.3. The number of hydrogen-bond donors (Lipinski definition) is 0. The minimum absolute atomic E-state index is 0.885. The molecule has 258 valence electrons. The standard InChI is InChI=1S/C52H34N2O/c1-3-12-35(13-4-1)37-16-11-19-43(30-37)53(44-27-29-52-48(34-44)45-20-9-10-21-51(45)55-52)42-25-22-36(23-26-42)40-24-28-49-46(32-40)47-31-38-14-7-8-15-39(38)33-50(47)54(49)41-17-5-2-6-18-41/h1-34H. The van der Waals surface area contributed by atoms with E-state index in [2.05, 4.69) is 204 Å². The molecule has 2 aromatic heterocycles. The van der Waals surface area contributed by atoms with Gasteiger partial charge in [0.2, 0.25) is 0 Å². The van der Waals surface area contributed by atoms with Crippen LogP contribution in [0, 0.1) is 0 Å². The van der Waals surface area contributed by atoms with Gasteiger partial charge >= 0.3 is 0 Å². The van der Waals surface area contributed by atoms with Gasteiger partial charge in [-0.1, -0.05) is 121 Å². The Morgan fingerprint density at radius 1 is 0.327 bits per heavy atom. The molecule has 0 aliphatic carbocycles. The lowest BCUT2D eigenvalue weighted by Gasteiger charge is -2.26. The van der Waals surface area contributed by atoms with Gasteiger partial charge in [0.05, 0.1) is 11.0 Å². The fraction of sp³-hybridized carbons (Fsp3) is 0. The molecular formula is C52H34N2O. The molecule has 9 aromatic carbocycles. The smallest absolute Gasteiger partial charge is 0.135 e. The number of anilines is 3. The van der Waals surface area contributed by atoms with Crippen LogP contribution in [0.4, 0.5) is 17.1 Å². The second-order valence-electron chi connectivity index (χ2n) is 14.2. The normalized spacial score (nSPS) is 11.6. The van der Waals surface area contributed by atoms with Gasteiger partial charge in [0.1, 0.15) is 11.2 Å². The van der Waals surface area contributed by atoms with Crippen molar-refractivity contribution in [2.45, 2.75) is 0 Å². The third kappa shape index (κ3) is 5.28. The van der Waals surface area contributed by atoms with Gasteiger partial charge in [-0.3, -0.25) is 0 Å². The molecule has 11 rings (SSSR count). The Labute approximate surface area is 318 Å². The van der Waals surface area contributed by atoms with Crippen LogP contribution >= 0.6 is 0 Å². The molecule has 2 heterocycles. The van der Waals surface area contributed by atoms with Crippen molar-refractivity contribution in [2.24, 2.45) is 0 Å². The number of furan rings is 1. The van der Waals surface area contributed by atoms with Gasteiger partial charge in [0, 0.05) is 44.3 Å². The molecule has 0 atom stereocenters. The number of fused-ring (bicyclic) bond motifs is 7.